The topological polar surface area (TPSA) is 78.6 Å². The van der Waals surface area contributed by atoms with Gasteiger partial charge in [-0.1, -0.05) is 0 Å². The zero-order valence-corrected chi connectivity index (χ0v) is 9.06. The van der Waals surface area contributed by atoms with Crippen molar-refractivity contribution in [3.05, 3.63) is 0 Å². The van der Waals surface area contributed by atoms with Gasteiger partial charge in [0.25, 0.3) is 0 Å². The minimum absolute atomic E-state index is 0.333. The van der Waals surface area contributed by atoms with Crippen molar-refractivity contribution in [3.63, 3.8) is 0 Å². The van der Waals surface area contributed by atoms with Gasteiger partial charge in [-0.05, 0) is 19.3 Å². The Morgan fingerprint density at radius 3 is 1.80 bits per heavy atom. The molecule has 2 unspecified atom stereocenters. The molecule has 0 heterocycles. The van der Waals surface area contributed by atoms with Gasteiger partial charge in [-0.3, -0.25) is 9.59 Å². The third-order valence-corrected chi connectivity index (χ3v) is 2.47. The first kappa shape index (κ1) is 12.0. The number of carbonyl (C=O) groups excluding carboxylic acids is 2. The van der Waals surface area contributed by atoms with E-state index in [4.69, 9.17) is 15.2 Å². The number of nitrogens with two attached hydrogens (primary N) is 1. The third-order valence-electron chi connectivity index (χ3n) is 2.47. The van der Waals surface area contributed by atoms with E-state index in [0.29, 0.717) is 0 Å². The van der Waals surface area contributed by atoms with Crippen LogP contribution in [-0.2, 0) is 19.1 Å². The van der Waals surface area contributed by atoms with Crippen LogP contribution in [-0.4, -0.2) is 30.2 Å². The summed E-state index contributed by atoms with van der Waals surface area (Å²) in [5, 5.41) is 0. The summed E-state index contributed by atoms with van der Waals surface area (Å²) < 4.78 is 10.1. The molecule has 0 aromatic carbocycles. The van der Waals surface area contributed by atoms with Crippen LogP contribution >= 0.6 is 0 Å². The van der Waals surface area contributed by atoms with E-state index < -0.39 is 6.04 Å². The van der Waals surface area contributed by atoms with E-state index in [2.05, 4.69) is 0 Å². The van der Waals surface area contributed by atoms with Crippen LogP contribution in [0.1, 0.15) is 33.1 Å². The quantitative estimate of drug-likeness (QED) is 0.673. The van der Waals surface area contributed by atoms with Gasteiger partial charge in [0, 0.05) is 13.8 Å². The Morgan fingerprint density at radius 1 is 1.07 bits per heavy atom. The minimum Gasteiger partial charge on any atom is -0.461 e. The molecule has 0 bridgehead atoms. The summed E-state index contributed by atoms with van der Waals surface area (Å²) in [6, 6.07) is -0.411. The smallest absolute Gasteiger partial charge is 0.302 e. The molecule has 0 aromatic heterocycles. The summed E-state index contributed by atoms with van der Waals surface area (Å²) in [7, 11) is 0. The second-order valence-electron chi connectivity index (χ2n) is 3.80. The first-order valence-electron chi connectivity index (χ1n) is 5.10. The molecule has 0 aliphatic heterocycles. The zero-order chi connectivity index (χ0) is 11.4. The Hall–Kier alpha value is -1.10. The van der Waals surface area contributed by atoms with Crippen molar-refractivity contribution in [2.75, 3.05) is 0 Å². The number of rotatable bonds is 2. The first-order chi connectivity index (χ1) is 7.00. The molecule has 86 valence electrons. The van der Waals surface area contributed by atoms with Gasteiger partial charge in [0.05, 0.1) is 6.04 Å². The van der Waals surface area contributed by atoms with Crippen molar-refractivity contribution in [2.45, 2.75) is 51.4 Å². The van der Waals surface area contributed by atoms with Gasteiger partial charge in [-0.2, -0.15) is 0 Å². The van der Waals surface area contributed by atoms with Crippen LogP contribution in [0.15, 0.2) is 0 Å². The van der Waals surface area contributed by atoms with Crippen molar-refractivity contribution in [3.8, 4) is 0 Å². The van der Waals surface area contributed by atoms with E-state index in [1.807, 2.05) is 0 Å². The summed E-state index contributed by atoms with van der Waals surface area (Å²) >= 11 is 0. The van der Waals surface area contributed by atoms with Crippen molar-refractivity contribution in [2.24, 2.45) is 5.73 Å². The Bertz CT molecular complexity index is 230. The molecule has 1 aliphatic carbocycles. The highest BCUT2D eigenvalue weighted by Gasteiger charge is 2.34. The molecule has 1 saturated carbocycles. The molecular weight excluding hydrogens is 198 g/mol. The maximum Gasteiger partial charge on any atom is 0.302 e. The predicted molar refractivity (Wildman–Crippen MR) is 52.9 cm³/mol. The third kappa shape index (κ3) is 3.51. The monoisotopic (exact) mass is 215 g/mol. The maximum absolute atomic E-state index is 10.8. The molecule has 1 aliphatic rings. The van der Waals surface area contributed by atoms with Crippen LogP contribution in [0.2, 0.25) is 0 Å². The Morgan fingerprint density at radius 2 is 1.47 bits per heavy atom. The Balaban J connectivity index is 2.54. The highest BCUT2D eigenvalue weighted by molar-refractivity contribution is 5.67. The lowest BCUT2D eigenvalue weighted by Gasteiger charge is -2.34. The fourth-order valence-corrected chi connectivity index (χ4v) is 1.85. The Kier molecular flexibility index (Phi) is 4.08. The lowest BCUT2D eigenvalue weighted by atomic mass is 9.90. The molecule has 0 spiro atoms. The van der Waals surface area contributed by atoms with Gasteiger partial charge < -0.3 is 15.2 Å². The fourth-order valence-electron chi connectivity index (χ4n) is 1.85. The Labute approximate surface area is 88.9 Å². The summed E-state index contributed by atoms with van der Waals surface area (Å²) in [5.74, 6) is -0.696. The van der Waals surface area contributed by atoms with E-state index in [9.17, 15) is 9.59 Å². The highest BCUT2D eigenvalue weighted by atomic mass is 16.6. The van der Waals surface area contributed by atoms with Gasteiger partial charge >= 0.3 is 11.9 Å². The summed E-state index contributed by atoms with van der Waals surface area (Å²) in [6.45, 7) is 2.70. The number of hydrogen-bond donors (Lipinski definition) is 1. The lowest BCUT2D eigenvalue weighted by Crippen LogP contribution is -2.51. The molecule has 15 heavy (non-hydrogen) atoms. The predicted octanol–water partition coefficient (Wildman–Crippen LogP) is 0.361. The van der Waals surface area contributed by atoms with Gasteiger partial charge in [0.15, 0.2) is 0 Å². The first-order valence-corrected chi connectivity index (χ1v) is 5.10. The average molecular weight is 215 g/mol. The minimum atomic E-state index is -0.411. The van der Waals surface area contributed by atoms with E-state index in [-0.39, 0.29) is 24.1 Å². The molecule has 5 nitrogen and oxygen atoms in total. The van der Waals surface area contributed by atoms with Crippen molar-refractivity contribution >= 4 is 11.9 Å². The SMILES string of the molecule is CC(=O)OC1CCCC(OC(C)=O)C1N. The van der Waals surface area contributed by atoms with Crippen molar-refractivity contribution < 1.29 is 19.1 Å². The summed E-state index contributed by atoms with van der Waals surface area (Å²) in [5.41, 5.74) is 5.87. The number of esters is 2. The van der Waals surface area contributed by atoms with E-state index in [0.717, 1.165) is 19.3 Å². The van der Waals surface area contributed by atoms with Gasteiger partial charge in [0.2, 0.25) is 0 Å². The van der Waals surface area contributed by atoms with Gasteiger partial charge in [-0.15, -0.1) is 0 Å². The fraction of sp³-hybridized carbons (Fsp3) is 0.800. The zero-order valence-electron chi connectivity index (χ0n) is 9.06. The van der Waals surface area contributed by atoms with Gasteiger partial charge in [-0.25, -0.2) is 0 Å². The van der Waals surface area contributed by atoms with Crippen LogP contribution < -0.4 is 5.73 Å². The standard InChI is InChI=1S/C10H17NO4/c1-6(12)14-8-4-3-5-9(10(8)11)15-7(2)13/h8-10H,3-5,11H2,1-2H3. The normalized spacial score (nSPS) is 30.7. The molecule has 0 aromatic rings. The molecule has 0 saturated heterocycles. The van der Waals surface area contributed by atoms with E-state index in [1.165, 1.54) is 13.8 Å². The average Bonchev–Trinajstić information content (AvgIpc) is 2.10. The van der Waals surface area contributed by atoms with Gasteiger partial charge in [0.1, 0.15) is 12.2 Å². The molecule has 0 radical (unpaired) electrons. The summed E-state index contributed by atoms with van der Waals surface area (Å²) in [4.78, 5) is 21.6. The van der Waals surface area contributed by atoms with E-state index in [1.54, 1.807) is 0 Å². The lowest BCUT2D eigenvalue weighted by molar-refractivity contribution is -0.158. The van der Waals surface area contributed by atoms with Crippen LogP contribution in [0.4, 0.5) is 0 Å². The number of ether oxygens (including phenoxy) is 2. The molecule has 1 rings (SSSR count). The molecule has 5 heteroatoms. The maximum atomic E-state index is 10.8. The number of carbonyl (C=O) groups is 2. The van der Waals surface area contributed by atoms with Crippen LogP contribution in [0.3, 0.4) is 0 Å². The summed E-state index contributed by atoms with van der Waals surface area (Å²) in [6.07, 6.45) is 1.65. The second kappa shape index (κ2) is 5.11. The molecule has 2 N–H and O–H groups in total. The van der Waals surface area contributed by atoms with E-state index >= 15 is 0 Å². The second-order valence-corrected chi connectivity index (χ2v) is 3.80. The van der Waals surface area contributed by atoms with Crippen molar-refractivity contribution in [1.29, 1.82) is 0 Å². The van der Waals surface area contributed by atoms with Crippen LogP contribution in [0, 0.1) is 0 Å². The number of hydrogen-bond acceptors (Lipinski definition) is 5. The molecular formula is C10H17NO4. The van der Waals surface area contributed by atoms with Crippen LogP contribution in [0.25, 0.3) is 0 Å². The molecule has 2 atom stereocenters. The molecule has 1 fully saturated rings. The van der Waals surface area contributed by atoms with Crippen LogP contribution in [0.5, 0.6) is 0 Å². The highest BCUT2D eigenvalue weighted by Crippen LogP contribution is 2.23. The van der Waals surface area contributed by atoms with Crippen molar-refractivity contribution in [1.82, 2.24) is 0 Å². The largest absolute Gasteiger partial charge is 0.461 e. The molecule has 0 amide bonds.